The largest absolute Gasteiger partial charge is 0.355 e. The van der Waals surface area contributed by atoms with Crippen LogP contribution in [0.2, 0.25) is 0 Å². The number of rotatable bonds is 8. The number of aliphatic imine (C=N–C) groups is 1. The highest BCUT2D eigenvalue weighted by Gasteiger charge is 2.18. The first kappa shape index (κ1) is 25.6. The second kappa shape index (κ2) is 12.3. The van der Waals surface area contributed by atoms with Crippen molar-refractivity contribution in [1.82, 2.24) is 10.6 Å². The third kappa shape index (κ3) is 7.74. The Hall–Kier alpha value is -1.40. The van der Waals surface area contributed by atoms with Crippen LogP contribution in [0, 0.1) is 11.6 Å². The molecular weight excluding hydrogens is 531 g/mol. The molecule has 0 aliphatic carbocycles. The summed E-state index contributed by atoms with van der Waals surface area (Å²) < 4.78 is 51.7. The molecule has 0 amide bonds. The number of hydrogen-bond acceptors (Lipinski definition) is 4. The zero-order chi connectivity index (χ0) is 20.6. The van der Waals surface area contributed by atoms with Crippen LogP contribution in [0.5, 0.6) is 0 Å². The summed E-state index contributed by atoms with van der Waals surface area (Å²) in [6.45, 7) is 0.480. The third-order valence-electron chi connectivity index (χ3n) is 3.97. The van der Waals surface area contributed by atoms with Crippen molar-refractivity contribution >= 4 is 51.5 Å². The molecule has 0 fully saturated rings. The zero-order valence-electron chi connectivity index (χ0n) is 16.1. The second-order valence-corrected chi connectivity index (χ2v) is 8.89. The van der Waals surface area contributed by atoms with Gasteiger partial charge >= 0.3 is 0 Å². The molecule has 160 valence electrons. The van der Waals surface area contributed by atoms with Gasteiger partial charge in [0, 0.05) is 25.9 Å². The molecule has 0 heterocycles. The van der Waals surface area contributed by atoms with Crippen molar-refractivity contribution in [3.63, 3.8) is 0 Å². The predicted octanol–water partition coefficient (Wildman–Crippen LogP) is 3.58. The fourth-order valence-corrected chi connectivity index (χ4v) is 4.39. The monoisotopic (exact) mass is 555 g/mol. The minimum atomic E-state index is -3.75. The summed E-state index contributed by atoms with van der Waals surface area (Å²) in [7, 11) is -2.18. The number of nitrogens with zero attached hydrogens (tertiary/aromatic N) is 1. The predicted molar refractivity (Wildman–Crippen MR) is 126 cm³/mol. The van der Waals surface area contributed by atoms with Crippen LogP contribution in [-0.2, 0) is 22.1 Å². The summed E-state index contributed by atoms with van der Waals surface area (Å²) in [6, 6.07) is 9.92. The van der Waals surface area contributed by atoms with Crippen LogP contribution in [0.3, 0.4) is 0 Å². The van der Waals surface area contributed by atoms with Crippen LogP contribution < -0.4 is 10.6 Å². The van der Waals surface area contributed by atoms with Gasteiger partial charge in [0.25, 0.3) is 0 Å². The molecule has 2 aromatic rings. The highest BCUT2D eigenvalue weighted by molar-refractivity contribution is 14.0. The molecule has 0 bridgehead atoms. The molecule has 0 aliphatic heterocycles. The van der Waals surface area contributed by atoms with E-state index in [2.05, 4.69) is 15.6 Å². The smallest absolute Gasteiger partial charge is 0.191 e. The molecule has 0 spiro atoms. The van der Waals surface area contributed by atoms with E-state index >= 15 is 0 Å². The van der Waals surface area contributed by atoms with Gasteiger partial charge in [-0.25, -0.2) is 17.2 Å². The van der Waals surface area contributed by atoms with Gasteiger partial charge in [-0.15, -0.1) is 24.0 Å². The molecule has 10 heteroatoms. The standard InChI is InChI=1S/C19H23F2N3O2S2.HI/c1-22-19(24-12-14-7-8-16(20)11-15(14)13-27-2)23-9-10-28(25,26)18-6-4-3-5-17(18)21;/h3-8,11H,9-10,12-13H2,1-2H3,(H2,22,23,24);1H. The van der Waals surface area contributed by atoms with Crippen molar-refractivity contribution < 1.29 is 17.2 Å². The molecule has 29 heavy (non-hydrogen) atoms. The maximum atomic E-state index is 13.7. The van der Waals surface area contributed by atoms with E-state index in [1.807, 2.05) is 6.26 Å². The molecule has 2 rings (SSSR count). The maximum absolute atomic E-state index is 13.7. The van der Waals surface area contributed by atoms with Crippen molar-refractivity contribution in [2.45, 2.75) is 17.2 Å². The summed E-state index contributed by atoms with van der Waals surface area (Å²) >= 11 is 1.60. The van der Waals surface area contributed by atoms with Gasteiger partial charge in [0.05, 0.1) is 5.75 Å². The Morgan fingerprint density at radius 3 is 2.48 bits per heavy atom. The highest BCUT2D eigenvalue weighted by Crippen LogP contribution is 2.17. The number of guanidine groups is 1. The number of hydrogen-bond donors (Lipinski definition) is 2. The van der Waals surface area contributed by atoms with Gasteiger partial charge in [-0.1, -0.05) is 18.2 Å². The van der Waals surface area contributed by atoms with Crippen molar-refractivity contribution in [3.8, 4) is 0 Å². The van der Waals surface area contributed by atoms with Gasteiger partial charge in [-0.3, -0.25) is 4.99 Å². The number of halogens is 3. The van der Waals surface area contributed by atoms with Crippen LogP contribution in [0.25, 0.3) is 0 Å². The van der Waals surface area contributed by atoms with Crippen LogP contribution in [0.1, 0.15) is 11.1 Å². The molecule has 5 nitrogen and oxygen atoms in total. The van der Waals surface area contributed by atoms with Crippen LogP contribution in [0.4, 0.5) is 8.78 Å². The molecule has 0 radical (unpaired) electrons. The summed E-state index contributed by atoms with van der Waals surface area (Å²) in [5, 5.41) is 5.99. The average molecular weight is 555 g/mol. The van der Waals surface area contributed by atoms with Gasteiger partial charge < -0.3 is 10.6 Å². The van der Waals surface area contributed by atoms with Gasteiger partial charge in [-0.05, 0) is 41.6 Å². The number of nitrogens with one attached hydrogen (secondary N) is 2. The first-order valence-electron chi connectivity index (χ1n) is 8.55. The molecule has 2 N–H and O–H groups in total. The first-order chi connectivity index (χ1) is 13.4. The maximum Gasteiger partial charge on any atom is 0.191 e. The van der Waals surface area contributed by atoms with Gasteiger partial charge in [0.2, 0.25) is 0 Å². The van der Waals surface area contributed by atoms with Crippen LogP contribution in [-0.4, -0.2) is 40.0 Å². The fourth-order valence-electron chi connectivity index (χ4n) is 2.57. The molecule has 0 aliphatic rings. The zero-order valence-corrected chi connectivity index (χ0v) is 20.1. The summed E-state index contributed by atoms with van der Waals surface area (Å²) in [4.78, 5) is 3.74. The molecule has 0 saturated heterocycles. The Labute approximate surface area is 191 Å². The molecule has 0 atom stereocenters. The van der Waals surface area contributed by atoms with E-state index < -0.39 is 15.7 Å². The average Bonchev–Trinajstić information content (AvgIpc) is 2.66. The summed E-state index contributed by atoms with van der Waals surface area (Å²) in [5.41, 5.74) is 1.82. The van der Waals surface area contributed by atoms with Gasteiger partial charge in [-0.2, -0.15) is 11.8 Å². The van der Waals surface area contributed by atoms with Gasteiger partial charge in [0.15, 0.2) is 15.8 Å². The van der Waals surface area contributed by atoms with Crippen LogP contribution in [0.15, 0.2) is 52.4 Å². The van der Waals surface area contributed by atoms with Crippen molar-refractivity contribution in [3.05, 3.63) is 65.2 Å². The second-order valence-electron chi connectivity index (χ2n) is 5.95. The van der Waals surface area contributed by atoms with E-state index in [-0.39, 0.29) is 47.0 Å². The lowest BCUT2D eigenvalue weighted by Gasteiger charge is -2.14. The number of sulfone groups is 1. The van der Waals surface area contributed by atoms with Gasteiger partial charge in [0.1, 0.15) is 16.5 Å². The fraction of sp³-hybridized carbons (Fsp3) is 0.316. The molecule has 0 saturated carbocycles. The first-order valence-corrected chi connectivity index (χ1v) is 11.6. The highest BCUT2D eigenvalue weighted by atomic mass is 127. The van der Waals surface area contributed by atoms with E-state index in [1.165, 1.54) is 30.3 Å². The SMILES string of the molecule is CN=C(NCCS(=O)(=O)c1ccccc1F)NCc1ccc(F)cc1CSC.I. The van der Waals surface area contributed by atoms with E-state index in [1.54, 1.807) is 24.9 Å². The Kier molecular flexibility index (Phi) is 10.9. The minimum Gasteiger partial charge on any atom is -0.355 e. The quantitative estimate of drug-likeness (QED) is 0.296. The van der Waals surface area contributed by atoms with E-state index in [0.717, 1.165) is 17.2 Å². The third-order valence-corrected chi connectivity index (χ3v) is 6.32. The lowest BCUT2D eigenvalue weighted by Crippen LogP contribution is -2.39. The van der Waals surface area contributed by atoms with E-state index in [9.17, 15) is 17.2 Å². The van der Waals surface area contributed by atoms with Crippen molar-refractivity contribution in [2.24, 2.45) is 4.99 Å². The summed E-state index contributed by atoms with van der Waals surface area (Å²) in [6.07, 6.45) is 1.94. The topological polar surface area (TPSA) is 70.6 Å². The summed E-state index contributed by atoms with van der Waals surface area (Å²) in [5.74, 6) is -0.232. The minimum absolute atomic E-state index is 0. The van der Waals surface area contributed by atoms with E-state index in [4.69, 9.17) is 0 Å². The molecule has 0 unspecified atom stereocenters. The van der Waals surface area contributed by atoms with Crippen molar-refractivity contribution in [1.29, 1.82) is 0 Å². The Morgan fingerprint density at radius 1 is 1.10 bits per heavy atom. The Bertz CT molecular complexity index is 941. The lowest BCUT2D eigenvalue weighted by molar-refractivity contribution is 0.566. The van der Waals surface area contributed by atoms with Crippen molar-refractivity contribution in [2.75, 3.05) is 25.6 Å². The van der Waals surface area contributed by atoms with E-state index in [0.29, 0.717) is 18.3 Å². The Balaban J connectivity index is 0.00000420. The molecular formula is C19H24F2IN3O2S2. The lowest BCUT2D eigenvalue weighted by atomic mass is 10.1. The molecule has 2 aromatic carbocycles. The molecule has 0 aromatic heterocycles. The van der Waals surface area contributed by atoms with Crippen LogP contribution >= 0.6 is 35.7 Å². The number of thioether (sulfide) groups is 1. The normalized spacial score (nSPS) is 11.7. The number of benzene rings is 2. The Morgan fingerprint density at radius 2 is 1.83 bits per heavy atom.